The third-order valence-corrected chi connectivity index (χ3v) is 4.86. The Morgan fingerprint density at radius 2 is 1.82 bits per heavy atom. The first-order valence-electron chi connectivity index (χ1n) is 9.69. The Labute approximate surface area is 164 Å². The summed E-state index contributed by atoms with van der Waals surface area (Å²) in [6.45, 7) is 7.01. The molecule has 0 aliphatic carbocycles. The van der Waals surface area contributed by atoms with Crippen LogP contribution in [0.4, 0.5) is 5.69 Å². The monoisotopic (exact) mass is 392 g/mol. The van der Waals surface area contributed by atoms with E-state index in [9.17, 15) is 9.59 Å². The van der Waals surface area contributed by atoms with Crippen molar-refractivity contribution in [2.24, 2.45) is 5.92 Å². The molecule has 2 atom stereocenters. The standard InChI is InChI=1S/C20H28N2O6/c1-12(2)18(21-14-6-8-25-9-7-14)20(24)28-13(3)19(23)22-15-4-5-16-17(10-15)27-11-26-16/h4-5,10,12-14,18,21H,6-9,11H2,1-3H3,(H,22,23)/t13-,18+/m1/s1. The molecule has 2 heterocycles. The predicted molar refractivity (Wildman–Crippen MR) is 102 cm³/mol. The number of ether oxygens (including phenoxy) is 4. The molecule has 0 saturated carbocycles. The molecule has 154 valence electrons. The van der Waals surface area contributed by atoms with Crippen molar-refractivity contribution in [3.8, 4) is 11.5 Å². The molecule has 8 heteroatoms. The van der Waals surface area contributed by atoms with Crippen LogP contribution < -0.4 is 20.1 Å². The second-order valence-corrected chi connectivity index (χ2v) is 7.41. The molecule has 2 aliphatic heterocycles. The molecular formula is C20H28N2O6. The number of hydrogen-bond acceptors (Lipinski definition) is 7. The molecule has 1 aromatic rings. The Bertz CT molecular complexity index is 702. The molecule has 0 aromatic heterocycles. The van der Waals surface area contributed by atoms with E-state index in [-0.39, 0.29) is 18.8 Å². The number of esters is 1. The molecule has 8 nitrogen and oxygen atoms in total. The first kappa shape index (κ1) is 20.4. The Balaban J connectivity index is 1.54. The highest BCUT2D eigenvalue weighted by molar-refractivity contribution is 5.95. The molecule has 0 spiro atoms. The third-order valence-electron chi connectivity index (χ3n) is 4.86. The molecule has 0 bridgehead atoms. The van der Waals surface area contributed by atoms with Crippen molar-refractivity contribution in [1.29, 1.82) is 0 Å². The largest absolute Gasteiger partial charge is 0.454 e. The van der Waals surface area contributed by atoms with Crippen LogP contribution in [-0.4, -0.2) is 50.1 Å². The van der Waals surface area contributed by atoms with Gasteiger partial charge in [0, 0.05) is 31.0 Å². The number of carbonyl (C=O) groups is 2. The van der Waals surface area contributed by atoms with Crippen molar-refractivity contribution >= 4 is 17.6 Å². The van der Waals surface area contributed by atoms with E-state index in [0.717, 1.165) is 12.8 Å². The summed E-state index contributed by atoms with van der Waals surface area (Å²) in [7, 11) is 0. The van der Waals surface area contributed by atoms with Crippen LogP contribution in [0.3, 0.4) is 0 Å². The van der Waals surface area contributed by atoms with Gasteiger partial charge in [-0.05, 0) is 37.8 Å². The molecule has 0 unspecified atom stereocenters. The summed E-state index contributed by atoms with van der Waals surface area (Å²) in [6.07, 6.45) is 0.795. The van der Waals surface area contributed by atoms with Crippen LogP contribution in [0.15, 0.2) is 18.2 Å². The van der Waals surface area contributed by atoms with Gasteiger partial charge in [0.25, 0.3) is 5.91 Å². The van der Waals surface area contributed by atoms with Gasteiger partial charge < -0.3 is 29.6 Å². The molecule has 0 radical (unpaired) electrons. The van der Waals surface area contributed by atoms with E-state index in [4.69, 9.17) is 18.9 Å². The van der Waals surface area contributed by atoms with Gasteiger partial charge in [0.1, 0.15) is 6.04 Å². The van der Waals surface area contributed by atoms with Gasteiger partial charge in [0.15, 0.2) is 17.6 Å². The number of amides is 1. The number of hydrogen-bond donors (Lipinski definition) is 2. The summed E-state index contributed by atoms with van der Waals surface area (Å²) in [5.74, 6) is 0.425. The fraction of sp³-hybridized carbons (Fsp3) is 0.600. The molecule has 1 amide bonds. The average molecular weight is 392 g/mol. The van der Waals surface area contributed by atoms with Crippen molar-refractivity contribution in [2.45, 2.75) is 51.8 Å². The van der Waals surface area contributed by atoms with Gasteiger partial charge in [-0.1, -0.05) is 13.8 Å². The number of fused-ring (bicyclic) bond motifs is 1. The highest BCUT2D eigenvalue weighted by atomic mass is 16.7. The topological polar surface area (TPSA) is 95.1 Å². The number of nitrogens with one attached hydrogen (secondary N) is 2. The van der Waals surface area contributed by atoms with E-state index < -0.39 is 24.0 Å². The maximum atomic E-state index is 12.6. The predicted octanol–water partition coefficient (Wildman–Crippen LogP) is 2.08. The number of benzene rings is 1. The average Bonchev–Trinajstić information content (AvgIpc) is 3.14. The Morgan fingerprint density at radius 3 is 2.54 bits per heavy atom. The van der Waals surface area contributed by atoms with Crippen LogP contribution in [0, 0.1) is 5.92 Å². The van der Waals surface area contributed by atoms with Crippen molar-refractivity contribution in [3.05, 3.63) is 18.2 Å². The maximum Gasteiger partial charge on any atom is 0.324 e. The van der Waals surface area contributed by atoms with Gasteiger partial charge in [0.2, 0.25) is 6.79 Å². The van der Waals surface area contributed by atoms with Gasteiger partial charge in [-0.3, -0.25) is 9.59 Å². The number of rotatable bonds is 7. The third kappa shape index (κ3) is 5.14. The smallest absolute Gasteiger partial charge is 0.324 e. The van der Waals surface area contributed by atoms with E-state index >= 15 is 0 Å². The van der Waals surface area contributed by atoms with Crippen molar-refractivity contribution in [2.75, 3.05) is 25.3 Å². The number of anilines is 1. The van der Waals surface area contributed by atoms with E-state index in [1.54, 1.807) is 25.1 Å². The molecular weight excluding hydrogens is 364 g/mol. The highest BCUT2D eigenvalue weighted by Crippen LogP contribution is 2.34. The molecule has 3 rings (SSSR count). The Morgan fingerprint density at radius 1 is 1.11 bits per heavy atom. The fourth-order valence-corrected chi connectivity index (χ4v) is 3.17. The molecule has 28 heavy (non-hydrogen) atoms. The SMILES string of the molecule is CC(C)[C@H](NC1CCOCC1)C(=O)O[C@H](C)C(=O)Nc1ccc2c(c1)OCO2. The zero-order chi connectivity index (χ0) is 20.1. The van der Waals surface area contributed by atoms with Crippen molar-refractivity contribution < 1.29 is 28.5 Å². The maximum absolute atomic E-state index is 12.6. The number of carbonyl (C=O) groups excluding carboxylic acids is 2. The quantitative estimate of drug-likeness (QED) is 0.686. The zero-order valence-corrected chi connectivity index (χ0v) is 16.5. The van der Waals surface area contributed by atoms with E-state index in [1.807, 2.05) is 13.8 Å². The van der Waals surface area contributed by atoms with Crippen LogP contribution in [0.2, 0.25) is 0 Å². The van der Waals surface area contributed by atoms with E-state index in [2.05, 4.69) is 10.6 Å². The van der Waals surface area contributed by atoms with Crippen LogP contribution in [0.5, 0.6) is 11.5 Å². The molecule has 1 fully saturated rings. The van der Waals surface area contributed by atoms with Crippen LogP contribution in [-0.2, 0) is 19.1 Å². The lowest BCUT2D eigenvalue weighted by Gasteiger charge is -2.30. The lowest BCUT2D eigenvalue weighted by Crippen LogP contribution is -2.50. The molecule has 2 N–H and O–H groups in total. The summed E-state index contributed by atoms with van der Waals surface area (Å²) in [5.41, 5.74) is 0.554. The zero-order valence-electron chi connectivity index (χ0n) is 16.5. The molecule has 1 saturated heterocycles. The Kier molecular flexibility index (Phi) is 6.74. The summed E-state index contributed by atoms with van der Waals surface area (Å²) >= 11 is 0. The Hall–Kier alpha value is -2.32. The van der Waals surface area contributed by atoms with Crippen LogP contribution in [0.25, 0.3) is 0 Å². The second-order valence-electron chi connectivity index (χ2n) is 7.41. The first-order valence-corrected chi connectivity index (χ1v) is 9.69. The van der Waals surface area contributed by atoms with Crippen LogP contribution in [0.1, 0.15) is 33.6 Å². The summed E-state index contributed by atoms with van der Waals surface area (Å²) in [5, 5.41) is 6.10. The van der Waals surface area contributed by atoms with Gasteiger partial charge >= 0.3 is 5.97 Å². The minimum Gasteiger partial charge on any atom is -0.454 e. The highest BCUT2D eigenvalue weighted by Gasteiger charge is 2.30. The van der Waals surface area contributed by atoms with E-state index in [1.165, 1.54) is 0 Å². The van der Waals surface area contributed by atoms with Gasteiger partial charge in [0.05, 0.1) is 0 Å². The first-order chi connectivity index (χ1) is 13.4. The second kappa shape index (κ2) is 9.25. The van der Waals surface area contributed by atoms with E-state index in [0.29, 0.717) is 30.4 Å². The van der Waals surface area contributed by atoms with Gasteiger partial charge in [-0.2, -0.15) is 0 Å². The minimum atomic E-state index is -0.921. The van der Waals surface area contributed by atoms with Crippen molar-refractivity contribution in [1.82, 2.24) is 5.32 Å². The molecule has 2 aliphatic rings. The van der Waals surface area contributed by atoms with Gasteiger partial charge in [-0.15, -0.1) is 0 Å². The summed E-state index contributed by atoms with van der Waals surface area (Å²) in [4.78, 5) is 25.1. The fourth-order valence-electron chi connectivity index (χ4n) is 3.17. The lowest BCUT2D eigenvalue weighted by molar-refractivity contribution is -0.156. The molecule has 1 aromatic carbocycles. The normalized spacial score (nSPS) is 18.6. The summed E-state index contributed by atoms with van der Waals surface area (Å²) < 4.78 is 21.3. The van der Waals surface area contributed by atoms with Crippen LogP contribution >= 0.6 is 0 Å². The van der Waals surface area contributed by atoms with Gasteiger partial charge in [-0.25, -0.2) is 0 Å². The lowest BCUT2D eigenvalue weighted by atomic mass is 10.0. The van der Waals surface area contributed by atoms with Crippen molar-refractivity contribution in [3.63, 3.8) is 0 Å². The summed E-state index contributed by atoms with van der Waals surface area (Å²) in [6, 6.07) is 4.86. The minimum absolute atomic E-state index is 0.0412.